The molecule has 1 amide bonds. The standard InChI is InChI=1S/C19H19NO4/c21-13-16-9-10-18(22)17(12-16)8-4-5-11-20-19(23)24-14-15-6-2-1-3-7-15/h1-4,6-10,12-13,22H,5,11,14H2,(H,20,23). The number of benzene rings is 2. The Morgan fingerprint density at radius 1 is 1.17 bits per heavy atom. The van der Waals surface area contributed by atoms with Crippen LogP contribution in [-0.4, -0.2) is 24.0 Å². The first-order chi connectivity index (χ1) is 11.7. The van der Waals surface area contributed by atoms with E-state index in [1.54, 1.807) is 24.3 Å². The molecule has 0 fully saturated rings. The predicted molar refractivity (Wildman–Crippen MR) is 91.8 cm³/mol. The maximum Gasteiger partial charge on any atom is 0.407 e. The normalized spacial score (nSPS) is 10.5. The Hall–Kier alpha value is -3.08. The number of phenolic OH excluding ortho intramolecular Hbond substituents is 1. The van der Waals surface area contributed by atoms with Crippen LogP contribution in [0, 0.1) is 0 Å². The lowest BCUT2D eigenvalue weighted by molar-refractivity contribution is 0.112. The second kappa shape index (κ2) is 9.15. The number of aldehydes is 1. The minimum Gasteiger partial charge on any atom is -0.507 e. The fraction of sp³-hybridized carbons (Fsp3) is 0.158. The Morgan fingerprint density at radius 3 is 2.71 bits per heavy atom. The molecule has 0 saturated heterocycles. The molecule has 2 N–H and O–H groups in total. The van der Waals surface area contributed by atoms with Gasteiger partial charge in [0.1, 0.15) is 18.6 Å². The summed E-state index contributed by atoms with van der Waals surface area (Å²) in [5, 5.41) is 12.3. The zero-order valence-corrected chi connectivity index (χ0v) is 13.1. The average Bonchev–Trinajstić information content (AvgIpc) is 2.62. The molecule has 124 valence electrons. The lowest BCUT2D eigenvalue weighted by Gasteiger charge is -2.06. The zero-order chi connectivity index (χ0) is 17.2. The zero-order valence-electron chi connectivity index (χ0n) is 13.1. The van der Waals surface area contributed by atoms with Gasteiger partial charge in [0.15, 0.2) is 0 Å². The summed E-state index contributed by atoms with van der Waals surface area (Å²) in [5.74, 6) is 0.104. The molecule has 0 aliphatic heterocycles. The molecule has 2 aromatic rings. The second-order valence-corrected chi connectivity index (χ2v) is 5.12. The molecular formula is C19H19NO4. The van der Waals surface area contributed by atoms with Crippen LogP contribution in [0.1, 0.15) is 27.9 Å². The Balaban J connectivity index is 1.70. The van der Waals surface area contributed by atoms with E-state index in [4.69, 9.17) is 4.74 Å². The van der Waals surface area contributed by atoms with E-state index >= 15 is 0 Å². The van der Waals surface area contributed by atoms with E-state index < -0.39 is 6.09 Å². The SMILES string of the molecule is O=Cc1ccc(O)c(C=CCCNC(=O)OCc2ccccc2)c1. The van der Waals surface area contributed by atoms with Crippen LogP contribution in [-0.2, 0) is 11.3 Å². The number of rotatable bonds is 7. The molecule has 0 radical (unpaired) electrons. The molecule has 0 heterocycles. The van der Waals surface area contributed by atoms with Crippen molar-refractivity contribution in [1.82, 2.24) is 5.32 Å². The van der Waals surface area contributed by atoms with Gasteiger partial charge < -0.3 is 15.2 Å². The average molecular weight is 325 g/mol. The molecule has 2 aromatic carbocycles. The molecule has 0 spiro atoms. The van der Waals surface area contributed by atoms with Crippen molar-refractivity contribution in [3.8, 4) is 5.75 Å². The molecule has 5 heteroatoms. The quantitative estimate of drug-likeness (QED) is 0.603. The van der Waals surface area contributed by atoms with Crippen LogP contribution in [0.15, 0.2) is 54.6 Å². The molecule has 5 nitrogen and oxygen atoms in total. The topological polar surface area (TPSA) is 75.6 Å². The molecule has 0 saturated carbocycles. The van der Waals surface area contributed by atoms with E-state index in [9.17, 15) is 14.7 Å². The van der Waals surface area contributed by atoms with E-state index in [1.807, 2.05) is 30.3 Å². The van der Waals surface area contributed by atoms with Gasteiger partial charge >= 0.3 is 6.09 Å². The van der Waals surface area contributed by atoms with Crippen LogP contribution in [0.5, 0.6) is 5.75 Å². The fourth-order valence-corrected chi connectivity index (χ4v) is 2.02. The molecule has 0 aromatic heterocycles. The van der Waals surface area contributed by atoms with Gasteiger partial charge in [0.2, 0.25) is 0 Å². The summed E-state index contributed by atoms with van der Waals surface area (Å²) in [4.78, 5) is 22.3. The third-order valence-electron chi connectivity index (χ3n) is 3.28. The van der Waals surface area contributed by atoms with Crippen LogP contribution >= 0.6 is 0 Å². The number of aromatic hydroxyl groups is 1. The van der Waals surface area contributed by atoms with Gasteiger partial charge in [0.05, 0.1) is 0 Å². The first-order valence-corrected chi connectivity index (χ1v) is 7.58. The highest BCUT2D eigenvalue weighted by Gasteiger charge is 2.01. The lowest BCUT2D eigenvalue weighted by atomic mass is 10.1. The second-order valence-electron chi connectivity index (χ2n) is 5.12. The van der Waals surface area contributed by atoms with Crippen molar-refractivity contribution >= 4 is 18.5 Å². The molecule has 2 rings (SSSR count). The van der Waals surface area contributed by atoms with Crippen molar-refractivity contribution in [1.29, 1.82) is 0 Å². The van der Waals surface area contributed by atoms with Crippen molar-refractivity contribution < 1.29 is 19.4 Å². The number of amides is 1. The van der Waals surface area contributed by atoms with Crippen LogP contribution < -0.4 is 5.32 Å². The minimum atomic E-state index is -0.474. The predicted octanol–water partition coefficient (Wildman–Crippen LogP) is 3.53. The number of hydrogen-bond acceptors (Lipinski definition) is 4. The van der Waals surface area contributed by atoms with Gasteiger partial charge in [-0.3, -0.25) is 4.79 Å². The number of ether oxygens (including phenoxy) is 1. The fourth-order valence-electron chi connectivity index (χ4n) is 2.02. The van der Waals surface area contributed by atoms with Crippen molar-refractivity contribution in [3.63, 3.8) is 0 Å². The van der Waals surface area contributed by atoms with Gasteiger partial charge in [0.25, 0.3) is 0 Å². The van der Waals surface area contributed by atoms with E-state index in [2.05, 4.69) is 5.32 Å². The maximum atomic E-state index is 11.6. The summed E-state index contributed by atoms with van der Waals surface area (Å²) < 4.78 is 5.09. The number of phenols is 1. The molecule has 0 atom stereocenters. The summed E-state index contributed by atoms with van der Waals surface area (Å²) in [6.45, 7) is 0.646. The van der Waals surface area contributed by atoms with Crippen LogP contribution in [0.25, 0.3) is 6.08 Å². The van der Waals surface area contributed by atoms with Gasteiger partial charge in [-0.05, 0) is 30.2 Å². The molecule has 24 heavy (non-hydrogen) atoms. The molecule has 0 bridgehead atoms. The summed E-state index contributed by atoms with van der Waals surface area (Å²) >= 11 is 0. The Bertz CT molecular complexity index is 711. The maximum absolute atomic E-state index is 11.6. The molecular weight excluding hydrogens is 306 g/mol. The lowest BCUT2D eigenvalue weighted by Crippen LogP contribution is -2.24. The van der Waals surface area contributed by atoms with Crippen molar-refractivity contribution in [2.75, 3.05) is 6.54 Å². The molecule has 0 aliphatic carbocycles. The monoisotopic (exact) mass is 325 g/mol. The van der Waals surface area contributed by atoms with Crippen molar-refractivity contribution in [2.24, 2.45) is 0 Å². The highest BCUT2D eigenvalue weighted by Crippen LogP contribution is 2.19. The highest BCUT2D eigenvalue weighted by molar-refractivity contribution is 5.77. The molecule has 0 unspecified atom stereocenters. The third-order valence-corrected chi connectivity index (χ3v) is 3.28. The number of nitrogens with one attached hydrogen (secondary N) is 1. The summed E-state index contributed by atoms with van der Waals surface area (Å²) in [6, 6.07) is 14.1. The van der Waals surface area contributed by atoms with Crippen LogP contribution in [0.2, 0.25) is 0 Å². The van der Waals surface area contributed by atoms with E-state index in [0.29, 0.717) is 24.1 Å². The van der Waals surface area contributed by atoms with Crippen molar-refractivity contribution in [3.05, 3.63) is 71.3 Å². The smallest absolute Gasteiger partial charge is 0.407 e. The van der Waals surface area contributed by atoms with E-state index in [-0.39, 0.29) is 12.4 Å². The summed E-state index contributed by atoms with van der Waals surface area (Å²) in [7, 11) is 0. The largest absolute Gasteiger partial charge is 0.507 e. The van der Waals surface area contributed by atoms with Gasteiger partial charge in [-0.15, -0.1) is 0 Å². The first-order valence-electron chi connectivity index (χ1n) is 7.58. The molecule has 0 aliphatic rings. The Kier molecular flexibility index (Phi) is 6.58. The van der Waals surface area contributed by atoms with Crippen molar-refractivity contribution in [2.45, 2.75) is 13.0 Å². The minimum absolute atomic E-state index is 0.104. The van der Waals surface area contributed by atoms with Gasteiger partial charge in [-0.25, -0.2) is 4.79 Å². The number of hydrogen-bond donors (Lipinski definition) is 2. The number of carbonyl (C=O) groups excluding carboxylic acids is 2. The summed E-state index contributed by atoms with van der Waals surface area (Å²) in [5.41, 5.74) is 1.99. The van der Waals surface area contributed by atoms with Gasteiger partial charge in [0, 0.05) is 17.7 Å². The highest BCUT2D eigenvalue weighted by atomic mass is 16.5. The van der Waals surface area contributed by atoms with Gasteiger partial charge in [-0.1, -0.05) is 42.5 Å². The van der Waals surface area contributed by atoms with E-state index in [0.717, 1.165) is 11.8 Å². The number of alkyl carbamates (subject to hydrolysis) is 1. The Labute approximate surface area is 140 Å². The van der Waals surface area contributed by atoms with Gasteiger partial charge in [-0.2, -0.15) is 0 Å². The first kappa shape index (κ1) is 17.3. The number of carbonyl (C=O) groups is 2. The third kappa shape index (κ3) is 5.61. The Morgan fingerprint density at radius 2 is 1.96 bits per heavy atom. The van der Waals surface area contributed by atoms with Crippen LogP contribution in [0.3, 0.4) is 0 Å². The summed E-state index contributed by atoms with van der Waals surface area (Å²) in [6.07, 6.45) is 4.34. The van der Waals surface area contributed by atoms with E-state index in [1.165, 1.54) is 6.07 Å². The van der Waals surface area contributed by atoms with Crippen LogP contribution in [0.4, 0.5) is 4.79 Å².